The van der Waals surface area contributed by atoms with Crippen LogP contribution in [0.3, 0.4) is 0 Å². The molecule has 2 atom stereocenters. The van der Waals surface area contributed by atoms with Crippen LogP contribution in [0.25, 0.3) is 0 Å². The maximum Gasteiger partial charge on any atom is 0.256 e. The van der Waals surface area contributed by atoms with Crippen LogP contribution in [0.5, 0.6) is 0 Å². The maximum absolute atomic E-state index is 14.2. The van der Waals surface area contributed by atoms with Crippen molar-refractivity contribution in [2.75, 3.05) is 39.4 Å². The quantitative estimate of drug-likeness (QED) is 0.761. The highest BCUT2D eigenvalue weighted by atomic mass is 19.1. The van der Waals surface area contributed by atoms with Crippen LogP contribution in [-0.4, -0.2) is 71.3 Å². The summed E-state index contributed by atoms with van der Waals surface area (Å²) in [5.41, 5.74) is -0.597. The molecular formula is C21H24F2N4O3. The van der Waals surface area contributed by atoms with E-state index in [-0.39, 0.29) is 11.5 Å². The van der Waals surface area contributed by atoms with Gasteiger partial charge < -0.3 is 14.2 Å². The van der Waals surface area contributed by atoms with Gasteiger partial charge in [-0.05, 0) is 31.9 Å². The largest absolute Gasteiger partial charge is 0.381 e. The molecule has 3 saturated heterocycles. The van der Waals surface area contributed by atoms with Crippen molar-refractivity contribution >= 4 is 5.91 Å². The highest BCUT2D eigenvalue weighted by Gasteiger charge is 2.58. The Labute approximate surface area is 173 Å². The summed E-state index contributed by atoms with van der Waals surface area (Å²) in [6.45, 7) is 5.64. The number of likely N-dealkylation sites (tertiary alicyclic amines) is 2. The van der Waals surface area contributed by atoms with Crippen molar-refractivity contribution in [1.29, 1.82) is 0 Å². The van der Waals surface area contributed by atoms with Gasteiger partial charge in [0.05, 0.1) is 11.0 Å². The summed E-state index contributed by atoms with van der Waals surface area (Å²) in [6.07, 6.45) is 1.96. The summed E-state index contributed by atoms with van der Waals surface area (Å²) in [7, 11) is 0. The van der Waals surface area contributed by atoms with Crippen molar-refractivity contribution < 1.29 is 22.8 Å². The zero-order valence-electron chi connectivity index (χ0n) is 16.8. The molecule has 5 rings (SSSR count). The minimum absolute atomic E-state index is 0.104. The molecule has 3 aliphatic heterocycles. The van der Waals surface area contributed by atoms with Gasteiger partial charge >= 0.3 is 0 Å². The number of aryl methyl sites for hydroxylation is 1. The minimum Gasteiger partial charge on any atom is -0.381 e. The van der Waals surface area contributed by atoms with E-state index in [1.165, 1.54) is 6.07 Å². The van der Waals surface area contributed by atoms with Gasteiger partial charge in [0, 0.05) is 57.4 Å². The highest BCUT2D eigenvalue weighted by molar-refractivity contribution is 5.94. The van der Waals surface area contributed by atoms with Crippen LogP contribution in [-0.2, 0) is 10.2 Å². The third-order valence-electron chi connectivity index (χ3n) is 6.74. The van der Waals surface area contributed by atoms with Crippen LogP contribution >= 0.6 is 0 Å². The molecule has 4 heterocycles. The Morgan fingerprint density at radius 3 is 2.70 bits per heavy atom. The van der Waals surface area contributed by atoms with Crippen molar-refractivity contribution in [3.05, 3.63) is 47.1 Å². The number of amides is 1. The zero-order chi connectivity index (χ0) is 20.9. The van der Waals surface area contributed by atoms with E-state index in [1.807, 2.05) is 0 Å². The highest BCUT2D eigenvalue weighted by Crippen LogP contribution is 2.46. The molecule has 30 heavy (non-hydrogen) atoms. The first-order valence-electron chi connectivity index (χ1n) is 10.3. The fourth-order valence-electron chi connectivity index (χ4n) is 5.22. The Balaban J connectivity index is 1.43. The Bertz CT molecular complexity index is 961. The van der Waals surface area contributed by atoms with E-state index in [0.717, 1.165) is 44.7 Å². The van der Waals surface area contributed by atoms with Crippen molar-refractivity contribution in [1.82, 2.24) is 19.9 Å². The van der Waals surface area contributed by atoms with Gasteiger partial charge in [0.25, 0.3) is 5.91 Å². The Morgan fingerprint density at radius 1 is 1.20 bits per heavy atom. The number of hydrogen-bond donors (Lipinski definition) is 0. The van der Waals surface area contributed by atoms with Gasteiger partial charge in [0.15, 0.2) is 5.82 Å². The summed E-state index contributed by atoms with van der Waals surface area (Å²) >= 11 is 0. The second-order valence-electron chi connectivity index (χ2n) is 8.58. The first-order chi connectivity index (χ1) is 14.5. The van der Waals surface area contributed by atoms with Gasteiger partial charge in [-0.3, -0.25) is 9.69 Å². The smallest absolute Gasteiger partial charge is 0.256 e. The van der Waals surface area contributed by atoms with E-state index >= 15 is 0 Å². The molecule has 0 radical (unpaired) electrons. The lowest BCUT2D eigenvalue weighted by Crippen LogP contribution is -2.44. The summed E-state index contributed by atoms with van der Waals surface area (Å²) in [5, 5.41) is 3.98. The van der Waals surface area contributed by atoms with Gasteiger partial charge in [0.1, 0.15) is 11.6 Å². The number of benzene rings is 1. The average molecular weight is 418 g/mol. The van der Waals surface area contributed by atoms with Crippen LogP contribution in [0, 0.1) is 24.5 Å². The number of rotatable bonds is 3. The lowest BCUT2D eigenvalue weighted by molar-refractivity contribution is 0.0368. The molecule has 1 aromatic heterocycles. The monoisotopic (exact) mass is 418 g/mol. The van der Waals surface area contributed by atoms with Crippen LogP contribution in [0.4, 0.5) is 8.78 Å². The topological polar surface area (TPSA) is 71.7 Å². The number of aromatic nitrogens is 2. The van der Waals surface area contributed by atoms with E-state index in [0.29, 0.717) is 37.4 Å². The first kappa shape index (κ1) is 19.6. The number of fused-ring (bicyclic) bond motifs is 1. The zero-order valence-corrected chi connectivity index (χ0v) is 16.8. The number of halogens is 2. The van der Waals surface area contributed by atoms with Gasteiger partial charge in [-0.25, -0.2) is 8.78 Å². The molecule has 0 N–H and O–H groups in total. The lowest BCUT2D eigenvalue weighted by Gasteiger charge is -2.33. The summed E-state index contributed by atoms with van der Waals surface area (Å²) < 4.78 is 38.6. The van der Waals surface area contributed by atoms with Crippen molar-refractivity contribution in [2.45, 2.75) is 31.2 Å². The molecule has 2 aromatic rings. The fraction of sp³-hybridized carbons (Fsp3) is 0.571. The average Bonchev–Trinajstić information content (AvgIpc) is 3.41. The van der Waals surface area contributed by atoms with Crippen LogP contribution in [0.2, 0.25) is 0 Å². The molecule has 0 spiro atoms. The molecule has 0 saturated carbocycles. The Morgan fingerprint density at radius 2 is 2.00 bits per heavy atom. The maximum atomic E-state index is 14.2. The van der Waals surface area contributed by atoms with E-state index in [2.05, 4.69) is 15.0 Å². The van der Waals surface area contributed by atoms with Gasteiger partial charge in [-0.15, -0.1) is 0 Å². The molecule has 3 fully saturated rings. The molecule has 1 aromatic carbocycles. The van der Waals surface area contributed by atoms with Crippen molar-refractivity contribution in [2.24, 2.45) is 5.92 Å². The third-order valence-corrected chi connectivity index (χ3v) is 6.74. The molecule has 1 amide bonds. The van der Waals surface area contributed by atoms with Gasteiger partial charge in [0.2, 0.25) is 5.89 Å². The number of hydrogen-bond acceptors (Lipinski definition) is 6. The van der Waals surface area contributed by atoms with Gasteiger partial charge in [-0.1, -0.05) is 5.16 Å². The second-order valence-corrected chi connectivity index (χ2v) is 8.58. The normalized spacial score (nSPS) is 27.6. The Kier molecular flexibility index (Phi) is 4.82. The van der Waals surface area contributed by atoms with Crippen LogP contribution in [0.1, 0.15) is 34.9 Å². The molecule has 0 bridgehead atoms. The standard InChI is InChI=1S/C21H24F2N4O3/c1-13-24-20(30-25-13)21-11-26(16-4-6-29-7-5-16)9-14(21)10-27(12-21)19(28)17-3-2-15(22)8-18(17)23/h2-3,8,14,16H,4-7,9-12H2,1H3. The third kappa shape index (κ3) is 3.20. The predicted molar refractivity (Wildman–Crippen MR) is 102 cm³/mol. The first-order valence-corrected chi connectivity index (χ1v) is 10.3. The van der Waals surface area contributed by atoms with Gasteiger partial charge in [-0.2, -0.15) is 4.98 Å². The Hall–Kier alpha value is -2.39. The van der Waals surface area contributed by atoms with E-state index in [1.54, 1.807) is 11.8 Å². The number of ether oxygens (including phenoxy) is 1. The van der Waals surface area contributed by atoms with E-state index in [9.17, 15) is 13.6 Å². The molecule has 7 nitrogen and oxygen atoms in total. The van der Waals surface area contributed by atoms with Crippen LogP contribution in [0.15, 0.2) is 22.7 Å². The molecule has 160 valence electrons. The SMILES string of the molecule is Cc1noc(C23CN(C(=O)c4ccc(F)cc4F)CC2CN(C2CCOCC2)C3)n1. The second kappa shape index (κ2) is 7.39. The predicted octanol–water partition coefficient (Wildman–Crippen LogP) is 2.16. The fourth-order valence-corrected chi connectivity index (χ4v) is 5.22. The number of carbonyl (C=O) groups is 1. The van der Waals surface area contributed by atoms with Crippen molar-refractivity contribution in [3.63, 3.8) is 0 Å². The number of carbonyl (C=O) groups excluding carboxylic acids is 1. The number of nitrogens with zero attached hydrogens (tertiary/aromatic N) is 4. The van der Waals surface area contributed by atoms with E-state index < -0.39 is 23.0 Å². The van der Waals surface area contributed by atoms with E-state index in [4.69, 9.17) is 9.26 Å². The summed E-state index contributed by atoms with van der Waals surface area (Å²) in [4.78, 5) is 21.6. The molecule has 3 aliphatic rings. The molecular weight excluding hydrogens is 394 g/mol. The molecule has 0 aliphatic carbocycles. The minimum atomic E-state index is -0.844. The molecule has 9 heteroatoms. The lowest BCUT2D eigenvalue weighted by atomic mass is 9.81. The van der Waals surface area contributed by atoms with Crippen molar-refractivity contribution in [3.8, 4) is 0 Å². The molecule has 2 unspecified atom stereocenters. The summed E-state index contributed by atoms with van der Waals surface area (Å²) in [6, 6.07) is 3.49. The van der Waals surface area contributed by atoms with Crippen LogP contribution < -0.4 is 0 Å². The summed E-state index contributed by atoms with van der Waals surface area (Å²) in [5.74, 6) is -0.787.